The van der Waals surface area contributed by atoms with Gasteiger partial charge in [0, 0.05) is 5.75 Å². The molecule has 0 aromatic heterocycles. The van der Waals surface area contributed by atoms with Crippen LogP contribution in [-0.2, 0) is 9.53 Å². The number of carbonyl (C=O) groups excluding carboxylic acids is 2. The summed E-state index contributed by atoms with van der Waals surface area (Å²) >= 11 is 4.91. The molecule has 15 aromatic rings. The first kappa shape index (κ1) is 110. The van der Waals surface area contributed by atoms with E-state index in [1.807, 2.05) is 0 Å². The number of hydrogen-bond donors (Lipinski definition) is 2. The molecule has 0 spiro atoms. The molecule has 0 aliphatic carbocycles. The Morgan fingerprint density at radius 1 is 0.189 bits per heavy atom. The Morgan fingerprint density at radius 3 is 0.412 bits per heavy atom. The van der Waals surface area contributed by atoms with Gasteiger partial charge in [0.1, 0.15) is 6.04 Å². The summed E-state index contributed by atoms with van der Waals surface area (Å²) in [5, 5.41) is 3.35. The first-order valence-corrected chi connectivity index (χ1v) is 56.0. The van der Waals surface area contributed by atoms with Gasteiger partial charge in [0.15, 0.2) is 0 Å². The quantitative estimate of drug-likeness (QED) is 0.0312. The van der Waals surface area contributed by atoms with Crippen molar-refractivity contribution in [2.45, 2.75) is 322 Å². The highest BCUT2D eigenvalue weighted by atomic mass is 32.1. The number of ether oxygens (including phenoxy) is 1. The molecule has 15 aromatic carbocycles. The van der Waals surface area contributed by atoms with Crippen LogP contribution in [0.2, 0.25) is 0 Å². The summed E-state index contributed by atoms with van der Waals surface area (Å²) in [7, 11) is 1.39. The van der Waals surface area contributed by atoms with Crippen molar-refractivity contribution < 1.29 is 14.3 Å². The fraction of sp³-hybridized carbons (Fsp3) is 0.357. The zero-order chi connectivity index (χ0) is 107. The van der Waals surface area contributed by atoms with Gasteiger partial charge in [0.2, 0.25) is 0 Å². The predicted octanol–water partition coefficient (Wildman–Crippen LogP) is 42.2. The van der Waals surface area contributed by atoms with Gasteiger partial charge < -0.3 is 10.1 Å². The van der Waals surface area contributed by atoms with Crippen LogP contribution in [0.4, 0.5) is 0 Å². The van der Waals surface area contributed by atoms with Crippen LogP contribution in [0.15, 0.2) is 273 Å². The second-order valence-electron chi connectivity index (χ2n) is 47.8. The zero-order valence-corrected chi connectivity index (χ0v) is 96.1. The third kappa shape index (κ3) is 25.1. The largest absolute Gasteiger partial charge is 0.467 e. The van der Waals surface area contributed by atoms with E-state index in [2.05, 4.69) is 500 Å². The summed E-state index contributed by atoms with van der Waals surface area (Å²) in [4.78, 5) is 32.1. The van der Waals surface area contributed by atoms with Crippen molar-refractivity contribution in [2.24, 2.45) is 0 Å². The van der Waals surface area contributed by atoms with Gasteiger partial charge in [-0.15, -0.1) is 0 Å². The SMILES string of the molecule is COC(=O)[C@H](CS)NC(=O)c1c(-c2cc(-c3cc(-c4cc(C(C)C)cc(C(C)C)c4)cc(-c4cc(C(C)C)cc(C(C)C)c4)c3)cc(-c3cc(-c4cc(C(C)C)cc(C(C)C)c4)cc(-c4cc(C(C)C)cc(C(C)C)c4)c3)c2)cccc1-c1cc(-c2cc(-c3cc(C(C)C)cc(C(C)C)c3)cc(-c3cc(C(C)C)cc(C(C)C)c3)c2)cc(-c2cc(-c3cc(C(C)C)cc(C(C)C)c3)cc(-c3cc(C(C)C)cc(C(C)C)c3)c2)c1. The summed E-state index contributed by atoms with van der Waals surface area (Å²) < 4.78 is 5.65. The van der Waals surface area contributed by atoms with Crippen LogP contribution in [0.25, 0.3) is 156 Å². The minimum Gasteiger partial charge on any atom is -0.467 e. The number of esters is 1. The fourth-order valence-corrected chi connectivity index (χ4v) is 20.9. The van der Waals surface area contributed by atoms with Crippen LogP contribution in [0, 0.1) is 0 Å². The molecule has 1 atom stereocenters. The molecule has 5 heteroatoms. The molecule has 0 aliphatic rings. The van der Waals surface area contributed by atoms with E-state index in [0.717, 1.165) is 145 Å². The van der Waals surface area contributed by atoms with Crippen molar-refractivity contribution in [3.63, 3.8) is 0 Å². The molecule has 0 unspecified atom stereocenters. The van der Waals surface area contributed by atoms with Gasteiger partial charge >= 0.3 is 5.97 Å². The second-order valence-corrected chi connectivity index (χ2v) is 48.2. The van der Waals surface area contributed by atoms with Crippen molar-refractivity contribution in [1.82, 2.24) is 5.32 Å². The lowest BCUT2D eigenvalue weighted by atomic mass is 9.83. The van der Waals surface area contributed by atoms with E-state index in [0.29, 0.717) is 16.7 Å². The number of benzene rings is 15. The number of nitrogens with one attached hydrogen (secondary N) is 1. The first-order chi connectivity index (χ1) is 70.1. The maximum Gasteiger partial charge on any atom is 0.329 e. The molecule has 15 rings (SSSR count). The Balaban J connectivity index is 1.13. The molecular formula is C143H165NO3S. The van der Waals surface area contributed by atoms with Gasteiger partial charge in [-0.25, -0.2) is 4.79 Å². The second kappa shape index (κ2) is 46.4. The number of hydrogen-bond acceptors (Lipinski definition) is 4. The normalized spacial score (nSPS) is 12.3. The van der Waals surface area contributed by atoms with Crippen LogP contribution in [0.3, 0.4) is 0 Å². The Morgan fingerprint density at radius 2 is 0.304 bits per heavy atom. The molecule has 148 heavy (non-hydrogen) atoms. The van der Waals surface area contributed by atoms with Crippen LogP contribution >= 0.6 is 12.6 Å². The minimum absolute atomic E-state index is 0.0201. The van der Waals surface area contributed by atoms with Crippen LogP contribution < -0.4 is 5.32 Å². The highest BCUT2D eigenvalue weighted by Crippen LogP contribution is 2.50. The van der Waals surface area contributed by atoms with Gasteiger partial charge in [-0.1, -0.05) is 385 Å². The van der Waals surface area contributed by atoms with Crippen molar-refractivity contribution in [2.75, 3.05) is 12.9 Å². The zero-order valence-electron chi connectivity index (χ0n) is 95.2. The van der Waals surface area contributed by atoms with Gasteiger partial charge in [-0.05, 0) is 449 Å². The molecule has 1 amide bonds. The van der Waals surface area contributed by atoms with Gasteiger partial charge in [0.25, 0.3) is 5.91 Å². The van der Waals surface area contributed by atoms with E-state index in [1.165, 1.54) is 96.1 Å². The third-order valence-corrected chi connectivity index (χ3v) is 31.3. The van der Waals surface area contributed by atoms with Gasteiger partial charge in [0.05, 0.1) is 12.7 Å². The molecule has 0 saturated carbocycles. The highest BCUT2D eigenvalue weighted by Gasteiger charge is 2.30. The fourth-order valence-electron chi connectivity index (χ4n) is 20.7. The number of carbonyl (C=O) groups is 2. The molecule has 0 bridgehead atoms. The topological polar surface area (TPSA) is 55.4 Å². The van der Waals surface area contributed by atoms with Crippen LogP contribution in [0.1, 0.15) is 416 Å². The monoisotopic (exact) mass is 1980 g/mol. The van der Waals surface area contributed by atoms with E-state index >= 15 is 4.79 Å². The summed E-state index contributed by atoms with van der Waals surface area (Å²) in [5.74, 6) is 3.32. The van der Waals surface area contributed by atoms with E-state index in [1.54, 1.807) is 0 Å². The van der Waals surface area contributed by atoms with E-state index < -0.39 is 17.9 Å². The van der Waals surface area contributed by atoms with Gasteiger partial charge in [-0.2, -0.15) is 12.6 Å². The van der Waals surface area contributed by atoms with Crippen LogP contribution in [0.5, 0.6) is 0 Å². The lowest BCUT2D eigenvalue weighted by Crippen LogP contribution is -2.43. The summed E-state index contributed by atoms with van der Waals surface area (Å²) in [5.41, 5.74) is 50.3. The number of methoxy groups -OCH3 is 1. The molecule has 0 aliphatic heterocycles. The smallest absolute Gasteiger partial charge is 0.329 e. The van der Waals surface area contributed by atoms with Crippen molar-refractivity contribution >= 4 is 24.5 Å². The molecule has 4 nitrogen and oxygen atoms in total. The summed E-state index contributed by atoms with van der Waals surface area (Å²) in [6.07, 6.45) is 0. The lowest BCUT2D eigenvalue weighted by molar-refractivity contribution is -0.142. The Kier molecular flexibility index (Phi) is 34.4. The van der Waals surface area contributed by atoms with Crippen molar-refractivity contribution in [1.29, 1.82) is 0 Å². The number of rotatable bonds is 34. The molecule has 0 heterocycles. The highest BCUT2D eigenvalue weighted by molar-refractivity contribution is 7.80. The maximum atomic E-state index is 17.5. The van der Waals surface area contributed by atoms with E-state index in [9.17, 15) is 4.79 Å². The molecule has 766 valence electrons. The molecule has 1 N–H and O–H groups in total. The van der Waals surface area contributed by atoms with E-state index in [4.69, 9.17) is 17.4 Å². The molecule has 0 fully saturated rings. The average Bonchev–Trinajstić information content (AvgIpc) is 0.753. The average molecular weight is 1980 g/mol. The Labute approximate surface area is 896 Å². The molecule has 0 radical (unpaired) electrons. The third-order valence-electron chi connectivity index (χ3n) is 31.0. The van der Waals surface area contributed by atoms with Crippen LogP contribution in [-0.4, -0.2) is 30.8 Å². The van der Waals surface area contributed by atoms with Crippen molar-refractivity contribution in [3.05, 3.63) is 368 Å². The lowest BCUT2D eigenvalue weighted by Gasteiger charge is -2.22. The Hall–Kier alpha value is -12.4. The number of thiol groups is 1. The van der Waals surface area contributed by atoms with Gasteiger partial charge in [-0.3, -0.25) is 4.79 Å². The number of amides is 1. The summed E-state index contributed by atoms with van der Waals surface area (Å²) in [6, 6.07) is 107. The van der Waals surface area contributed by atoms with E-state index in [-0.39, 0.29) is 100 Å². The van der Waals surface area contributed by atoms with Crippen molar-refractivity contribution in [3.8, 4) is 156 Å². The molecule has 0 saturated heterocycles. The minimum atomic E-state index is -1.13. The first-order valence-electron chi connectivity index (χ1n) is 55.4. The maximum absolute atomic E-state index is 17.5. The standard InChI is InChI=1S/C143H165NO3S/c1-80(2)96-37-97(81(3)4)46-112(45-96)120-61-121(113-47-98(82(5)6)38-99(48-113)83(7)8)66-128(65-120)132-73-133(129-67-122(114-49-100(84(9)10)39-101(50-114)85(11)12)62-123(68-129)115-51-102(86(13)14)40-103(52-115)87(15)16)76-136(75-132)138-35-34-36-139(141(138)142(145)144-140(79-148)143(146)147-33)137-77-134(130-69-124(116-53-104(88(17)18)41-105(54-116)89(19)20)63-125(70-130)117-55-106(90(21)22)42-107(56-117)91(23)24)74-135(78-137)131-71-126(118-57-108(92(25)26)43-109(58-118)93(27)28)64-127(72-131)119-59-110(94(29)30)44-111(60-119)95(31)32/h34-78,80-95,140,148H,79H2,1-33H3,(H,144,145)/t140-/m0/s1. The summed E-state index contributed by atoms with van der Waals surface area (Å²) in [6.45, 7) is 73.9. The molecular weight excluding hydrogens is 1810 g/mol. The Bertz CT molecular complexity index is 6060. The predicted molar refractivity (Wildman–Crippen MR) is 645 cm³/mol.